The van der Waals surface area contributed by atoms with Crippen molar-refractivity contribution < 1.29 is 24.3 Å². The number of carbonyl (C=O) groups is 3. The lowest BCUT2D eigenvalue weighted by Crippen LogP contribution is -2.30. The Morgan fingerprint density at radius 3 is 2.65 bits per heavy atom. The molecule has 1 unspecified atom stereocenters. The normalized spacial score (nSPS) is 19.9. The summed E-state index contributed by atoms with van der Waals surface area (Å²) < 4.78 is 4.80. The van der Waals surface area contributed by atoms with Crippen molar-refractivity contribution in [3.63, 3.8) is 0 Å². The van der Waals surface area contributed by atoms with Gasteiger partial charge in [-0.25, -0.2) is 0 Å². The number of nitrogens with zero attached hydrogens (tertiary/aromatic N) is 1. The second-order valence-electron chi connectivity index (χ2n) is 3.83. The fourth-order valence-corrected chi connectivity index (χ4v) is 1.49. The molecule has 0 bridgehead atoms. The van der Waals surface area contributed by atoms with Crippen molar-refractivity contribution in [2.24, 2.45) is 5.73 Å². The molecule has 1 aliphatic heterocycles. The third kappa shape index (κ3) is 3.79. The van der Waals surface area contributed by atoms with Crippen LogP contribution in [0.4, 0.5) is 0 Å². The van der Waals surface area contributed by atoms with Crippen LogP contribution in [0.15, 0.2) is 0 Å². The van der Waals surface area contributed by atoms with Gasteiger partial charge < -0.3 is 10.5 Å². The van der Waals surface area contributed by atoms with Gasteiger partial charge in [0, 0.05) is 6.42 Å². The summed E-state index contributed by atoms with van der Waals surface area (Å²) in [5, 5.41) is 8.92. The molecule has 1 fully saturated rings. The topological polar surface area (TPSA) is 110 Å². The van der Waals surface area contributed by atoms with E-state index in [0.29, 0.717) is 13.0 Å². The molecule has 1 aliphatic rings. The molecule has 1 heterocycles. The first-order chi connectivity index (χ1) is 8.06. The molecule has 0 radical (unpaired) electrons. The maximum Gasteiger partial charge on any atom is 0.306 e. The maximum atomic E-state index is 11.3. The van der Waals surface area contributed by atoms with Crippen LogP contribution >= 0.6 is 0 Å². The lowest BCUT2D eigenvalue weighted by molar-refractivity contribution is -0.176. The number of unbranched alkanes of at least 4 members (excludes halogenated alkanes) is 2. The Morgan fingerprint density at radius 2 is 2.12 bits per heavy atom. The number of carbonyl (C=O) groups excluding carboxylic acids is 3. The highest BCUT2D eigenvalue weighted by atomic mass is 16.6. The largest absolute Gasteiger partial charge is 0.452 e. The van der Waals surface area contributed by atoms with E-state index >= 15 is 0 Å². The molecule has 1 rings (SSSR count). The van der Waals surface area contributed by atoms with Gasteiger partial charge in [0.25, 0.3) is 11.8 Å². The number of hydroxylamine groups is 2. The van der Waals surface area contributed by atoms with Crippen molar-refractivity contribution in [1.29, 1.82) is 0 Å². The lowest BCUT2D eigenvalue weighted by Gasteiger charge is -2.09. The molecule has 0 aromatic carbocycles. The van der Waals surface area contributed by atoms with Crippen molar-refractivity contribution in [2.45, 2.75) is 38.2 Å². The summed E-state index contributed by atoms with van der Waals surface area (Å²) in [5.41, 5.74) is 5.29. The summed E-state index contributed by atoms with van der Waals surface area (Å²) in [6.45, 7) is 0.574. The smallest absolute Gasteiger partial charge is 0.306 e. The van der Waals surface area contributed by atoms with E-state index in [1.807, 2.05) is 0 Å². The van der Waals surface area contributed by atoms with Gasteiger partial charge in [0.1, 0.15) is 0 Å². The SMILES string of the molecule is NCCCCCC(=O)OC1CC(=O)N(O)C1=O. The highest BCUT2D eigenvalue weighted by molar-refractivity contribution is 6.04. The van der Waals surface area contributed by atoms with Crippen LogP contribution in [0, 0.1) is 0 Å². The van der Waals surface area contributed by atoms with Crippen LogP contribution in [-0.4, -0.2) is 40.7 Å². The number of rotatable bonds is 6. The van der Waals surface area contributed by atoms with Crippen molar-refractivity contribution in [2.75, 3.05) is 6.54 Å². The molecule has 7 nitrogen and oxygen atoms in total. The zero-order chi connectivity index (χ0) is 12.8. The maximum absolute atomic E-state index is 11.3. The highest BCUT2D eigenvalue weighted by Crippen LogP contribution is 2.15. The minimum absolute atomic E-state index is 0.00757. The summed E-state index contributed by atoms with van der Waals surface area (Å²) in [6.07, 6.45) is 1.00. The molecule has 3 N–H and O–H groups in total. The van der Waals surface area contributed by atoms with Crippen molar-refractivity contribution >= 4 is 17.8 Å². The van der Waals surface area contributed by atoms with E-state index in [4.69, 9.17) is 15.7 Å². The molecule has 1 atom stereocenters. The van der Waals surface area contributed by atoms with Gasteiger partial charge in [-0.1, -0.05) is 6.42 Å². The Bertz CT molecular complexity index is 318. The van der Waals surface area contributed by atoms with E-state index in [9.17, 15) is 14.4 Å². The average molecular weight is 244 g/mol. The van der Waals surface area contributed by atoms with Gasteiger partial charge in [-0.15, -0.1) is 0 Å². The minimum Gasteiger partial charge on any atom is -0.452 e. The number of esters is 1. The predicted molar refractivity (Wildman–Crippen MR) is 55.7 cm³/mol. The number of nitrogens with two attached hydrogens (primary N) is 1. The first-order valence-electron chi connectivity index (χ1n) is 5.51. The van der Waals surface area contributed by atoms with E-state index in [-0.39, 0.29) is 17.9 Å². The molecule has 0 aromatic rings. The molecule has 0 aliphatic carbocycles. The number of hydrogen-bond donors (Lipinski definition) is 2. The zero-order valence-corrected chi connectivity index (χ0v) is 9.42. The van der Waals surface area contributed by atoms with Crippen LogP contribution in [-0.2, 0) is 19.1 Å². The zero-order valence-electron chi connectivity index (χ0n) is 9.42. The quantitative estimate of drug-likeness (QED) is 0.284. The summed E-state index contributed by atoms with van der Waals surface area (Å²) in [4.78, 5) is 33.4. The van der Waals surface area contributed by atoms with E-state index in [0.717, 1.165) is 12.8 Å². The van der Waals surface area contributed by atoms with Crippen LogP contribution in [0.2, 0.25) is 0 Å². The van der Waals surface area contributed by atoms with E-state index < -0.39 is 23.9 Å². The van der Waals surface area contributed by atoms with Gasteiger partial charge in [-0.3, -0.25) is 19.6 Å². The summed E-state index contributed by atoms with van der Waals surface area (Å²) in [7, 11) is 0. The Morgan fingerprint density at radius 1 is 1.41 bits per heavy atom. The average Bonchev–Trinajstić information content (AvgIpc) is 2.53. The van der Waals surface area contributed by atoms with Crippen LogP contribution in [0.3, 0.4) is 0 Å². The van der Waals surface area contributed by atoms with Crippen LogP contribution in [0.1, 0.15) is 32.1 Å². The minimum atomic E-state index is -1.17. The first kappa shape index (κ1) is 13.6. The predicted octanol–water partition coefficient (Wildman–Crippen LogP) is -0.435. The van der Waals surface area contributed by atoms with Crippen LogP contribution in [0.5, 0.6) is 0 Å². The monoisotopic (exact) mass is 244 g/mol. The third-order valence-electron chi connectivity index (χ3n) is 2.44. The summed E-state index contributed by atoms with van der Waals surface area (Å²) >= 11 is 0. The second-order valence-corrected chi connectivity index (χ2v) is 3.83. The van der Waals surface area contributed by atoms with Gasteiger partial charge in [-0.05, 0) is 19.4 Å². The van der Waals surface area contributed by atoms with Crippen LogP contribution in [0.25, 0.3) is 0 Å². The number of imide groups is 1. The van der Waals surface area contributed by atoms with Gasteiger partial charge in [0.15, 0.2) is 6.10 Å². The molecule has 17 heavy (non-hydrogen) atoms. The van der Waals surface area contributed by atoms with E-state index in [2.05, 4.69) is 0 Å². The number of ether oxygens (including phenoxy) is 1. The lowest BCUT2D eigenvalue weighted by atomic mass is 10.2. The van der Waals surface area contributed by atoms with E-state index in [1.54, 1.807) is 0 Å². The highest BCUT2D eigenvalue weighted by Gasteiger charge is 2.40. The Kier molecular flexibility index (Phi) is 5.05. The Hall–Kier alpha value is -1.47. The van der Waals surface area contributed by atoms with Crippen molar-refractivity contribution in [1.82, 2.24) is 5.06 Å². The molecule has 1 saturated heterocycles. The second kappa shape index (κ2) is 6.31. The standard InChI is InChI=1S/C10H16N2O5/c11-5-3-1-2-4-9(14)17-7-6-8(13)12(16)10(7)15/h7,16H,1-6,11H2. The summed E-state index contributed by atoms with van der Waals surface area (Å²) in [5.74, 6) is -2.18. The fourth-order valence-electron chi connectivity index (χ4n) is 1.49. The summed E-state index contributed by atoms with van der Waals surface area (Å²) in [6, 6.07) is 0. The molecule has 0 aromatic heterocycles. The van der Waals surface area contributed by atoms with E-state index in [1.165, 1.54) is 0 Å². The molecule has 0 saturated carbocycles. The number of hydrogen-bond acceptors (Lipinski definition) is 6. The molecule has 2 amide bonds. The Balaban J connectivity index is 2.27. The molecule has 96 valence electrons. The van der Waals surface area contributed by atoms with Gasteiger partial charge in [-0.2, -0.15) is 5.06 Å². The van der Waals surface area contributed by atoms with Gasteiger partial charge in [0.05, 0.1) is 6.42 Å². The molecule has 0 spiro atoms. The molecule has 7 heteroatoms. The van der Waals surface area contributed by atoms with Gasteiger partial charge in [0.2, 0.25) is 0 Å². The number of amides is 2. The van der Waals surface area contributed by atoms with Crippen LogP contribution < -0.4 is 5.73 Å². The van der Waals surface area contributed by atoms with Crippen molar-refractivity contribution in [3.8, 4) is 0 Å². The van der Waals surface area contributed by atoms with Crippen molar-refractivity contribution in [3.05, 3.63) is 0 Å². The molecular weight excluding hydrogens is 228 g/mol. The Labute approximate surface area is 98.5 Å². The fraction of sp³-hybridized carbons (Fsp3) is 0.700. The first-order valence-corrected chi connectivity index (χ1v) is 5.51. The van der Waals surface area contributed by atoms with Gasteiger partial charge >= 0.3 is 5.97 Å². The third-order valence-corrected chi connectivity index (χ3v) is 2.44. The molecular formula is C10H16N2O5.